The molecule has 0 radical (unpaired) electrons. The lowest BCUT2D eigenvalue weighted by Gasteiger charge is -2.28. The Morgan fingerprint density at radius 3 is 2.08 bits per heavy atom. The van der Waals surface area contributed by atoms with Crippen LogP contribution in [0.1, 0.15) is 108 Å². The highest BCUT2D eigenvalue weighted by Crippen LogP contribution is 2.36. The molecule has 16 heteroatoms. The Bertz CT molecular complexity index is 1960. The first-order valence-electron chi connectivity index (χ1n) is 20.1. The summed E-state index contributed by atoms with van der Waals surface area (Å²) in [4.78, 5) is 60.0. The first kappa shape index (κ1) is 49.8. The molecule has 7 rings (SSSR count). The number of fused-ring (bicyclic) bond motifs is 4. The number of nitrogens with zero attached hydrogens (tertiary/aromatic N) is 4. The highest BCUT2D eigenvalue weighted by atomic mass is 32.1. The van der Waals surface area contributed by atoms with Crippen molar-refractivity contribution in [2.75, 3.05) is 26.8 Å². The van der Waals surface area contributed by atoms with Gasteiger partial charge in [0, 0.05) is 31.2 Å². The van der Waals surface area contributed by atoms with Gasteiger partial charge in [-0.25, -0.2) is 14.8 Å². The zero-order chi connectivity index (χ0) is 38.5. The van der Waals surface area contributed by atoms with Crippen molar-refractivity contribution >= 4 is 71.9 Å². The van der Waals surface area contributed by atoms with Crippen molar-refractivity contribution in [1.82, 2.24) is 35.1 Å². The van der Waals surface area contributed by atoms with E-state index < -0.39 is 12.1 Å². The topological polar surface area (TPSA) is 146 Å². The second kappa shape index (κ2) is 22.9. The number of hydrogen-bond acceptors (Lipinski definition) is 7. The summed E-state index contributed by atoms with van der Waals surface area (Å²) in [7, 11) is 1.32. The number of amides is 3. The number of likely N-dealkylation sites (tertiary alicyclic amines) is 1. The van der Waals surface area contributed by atoms with Crippen LogP contribution in [-0.2, 0) is 25.7 Å². The summed E-state index contributed by atoms with van der Waals surface area (Å²) in [6.07, 6.45) is 9.08. The van der Waals surface area contributed by atoms with Crippen LogP contribution in [-0.4, -0.2) is 80.5 Å². The van der Waals surface area contributed by atoms with Crippen LogP contribution in [0.5, 0.6) is 0 Å². The Kier molecular flexibility index (Phi) is 19.3. The van der Waals surface area contributed by atoms with E-state index in [-0.39, 0.29) is 83.8 Å². The minimum Gasteiger partial charge on any atom is -0.453 e. The van der Waals surface area contributed by atoms with Gasteiger partial charge in [-0.3, -0.25) is 9.59 Å². The molecule has 59 heavy (non-hydrogen) atoms. The third-order valence-electron chi connectivity index (χ3n) is 11.7. The number of nitrogens with one attached hydrogen (secondary N) is 3. The van der Waals surface area contributed by atoms with Gasteiger partial charge in [-0.15, -0.1) is 0 Å². The van der Waals surface area contributed by atoms with E-state index in [1.165, 1.54) is 7.11 Å². The lowest BCUT2D eigenvalue weighted by molar-refractivity contribution is -0.137. The molecule has 0 aliphatic carbocycles. The molecule has 0 unspecified atom stereocenters. The van der Waals surface area contributed by atoms with Crippen LogP contribution in [0, 0.1) is 11.8 Å². The molecule has 3 aliphatic rings. The van der Waals surface area contributed by atoms with Crippen molar-refractivity contribution in [3.8, 4) is 33.6 Å². The number of alkyl carbamates (subject to hydrolysis) is 1. The van der Waals surface area contributed by atoms with Crippen molar-refractivity contribution in [1.29, 1.82) is 0 Å². The average molecular weight is 886 g/mol. The molecule has 2 aromatic heterocycles. The van der Waals surface area contributed by atoms with Gasteiger partial charge in [0.2, 0.25) is 11.8 Å². The number of ether oxygens (including phenoxy) is 2. The van der Waals surface area contributed by atoms with Crippen LogP contribution in [0.3, 0.4) is 0 Å². The molecule has 3 amide bonds. The number of carbonyl (C=O) groups excluding carboxylic acids is 3. The van der Waals surface area contributed by atoms with Crippen molar-refractivity contribution in [2.24, 2.45) is 11.8 Å². The lowest BCUT2D eigenvalue weighted by Crippen LogP contribution is -2.48. The fourth-order valence-corrected chi connectivity index (χ4v) is 8.16. The van der Waals surface area contributed by atoms with Crippen LogP contribution >= 0.6 is 54.0 Å². The van der Waals surface area contributed by atoms with Gasteiger partial charge in [0.05, 0.1) is 49.1 Å². The smallest absolute Gasteiger partial charge is 0.407 e. The number of H-pyrrole nitrogens is 2. The molecule has 2 bridgehead atoms. The Hall–Kier alpha value is -3.57. The number of carbonyl (C=O) groups is 3. The van der Waals surface area contributed by atoms with Crippen molar-refractivity contribution in [3.63, 3.8) is 0 Å². The molecule has 12 nitrogen and oxygen atoms in total. The van der Waals surface area contributed by atoms with E-state index in [9.17, 15) is 14.4 Å². The lowest BCUT2D eigenvalue weighted by atomic mass is 9.96. The molecule has 0 spiro atoms. The molecule has 3 N–H and O–H groups in total. The molecular formula is C43H63N7O5S4. The first-order chi connectivity index (χ1) is 26.7. The van der Waals surface area contributed by atoms with Gasteiger partial charge >= 0.3 is 6.09 Å². The Morgan fingerprint density at radius 1 is 0.780 bits per heavy atom. The number of aromatic amines is 2. The molecule has 2 saturated heterocycles. The predicted molar refractivity (Wildman–Crippen MR) is 252 cm³/mol. The zero-order valence-electron chi connectivity index (χ0n) is 34.6. The minimum atomic E-state index is -0.639. The van der Waals surface area contributed by atoms with Crippen molar-refractivity contribution < 1.29 is 23.9 Å². The summed E-state index contributed by atoms with van der Waals surface area (Å²) in [5.74, 6) is 1.99. The summed E-state index contributed by atoms with van der Waals surface area (Å²) in [5, 5.41) is 2.79. The standard InChI is InChI=1S/C43H55N7O5.4H2S/c1-27(2)28(3)41(51)49-22-9-12-36(49)39-44-25-34(45-39)31-18-14-29(15-19-31)30-16-20-32(21-17-30)38-35-26-55-24-8-6-5-7-11-33(47-43(53)54-4)42(52)50-23-10-13-37(50)40(46-35)48-38;;;;/h14-21,25,27-28,33,36-37H,5-13,22-24,26H2,1-4H3,(H,44,45)(H,46,48)(H,47,53);4*1H2/t28-,33-,36-,37-;;;;/m0..../s1. The predicted octanol–water partition coefficient (Wildman–Crippen LogP) is 8.41. The maximum absolute atomic E-state index is 13.9. The fraction of sp³-hybridized carbons (Fsp3) is 0.512. The van der Waals surface area contributed by atoms with E-state index in [4.69, 9.17) is 19.4 Å². The van der Waals surface area contributed by atoms with Gasteiger partial charge in [-0.05, 0) is 61.1 Å². The van der Waals surface area contributed by atoms with Gasteiger partial charge in [-0.2, -0.15) is 54.0 Å². The number of benzene rings is 2. The first-order valence-corrected chi connectivity index (χ1v) is 20.1. The number of methoxy groups -OCH3 is 1. The third kappa shape index (κ3) is 11.4. The summed E-state index contributed by atoms with van der Waals surface area (Å²) in [6, 6.07) is 16.0. The second-order valence-corrected chi connectivity index (χ2v) is 15.6. The van der Waals surface area contributed by atoms with Crippen molar-refractivity contribution in [2.45, 2.75) is 103 Å². The van der Waals surface area contributed by atoms with E-state index in [1.807, 2.05) is 22.9 Å². The van der Waals surface area contributed by atoms with Crippen LogP contribution in [0.2, 0.25) is 0 Å². The zero-order valence-corrected chi connectivity index (χ0v) is 38.6. The number of hydrogen-bond donors (Lipinski definition) is 3. The van der Waals surface area contributed by atoms with E-state index in [2.05, 4.69) is 77.7 Å². The van der Waals surface area contributed by atoms with Gasteiger partial charge in [0.15, 0.2) is 0 Å². The molecule has 4 aromatic rings. The van der Waals surface area contributed by atoms with E-state index in [0.717, 1.165) is 109 Å². The maximum Gasteiger partial charge on any atom is 0.407 e. The molecule has 2 aromatic carbocycles. The van der Waals surface area contributed by atoms with Crippen LogP contribution in [0.4, 0.5) is 4.79 Å². The molecule has 3 aliphatic heterocycles. The second-order valence-electron chi connectivity index (χ2n) is 15.6. The fourth-order valence-electron chi connectivity index (χ4n) is 8.16. The number of aromatic nitrogens is 4. The molecule has 2 fully saturated rings. The Labute approximate surface area is 376 Å². The van der Waals surface area contributed by atoms with Crippen LogP contribution < -0.4 is 5.32 Å². The Balaban J connectivity index is 0.00000233. The summed E-state index contributed by atoms with van der Waals surface area (Å²) in [5.41, 5.74) is 6.83. The van der Waals surface area contributed by atoms with E-state index in [0.29, 0.717) is 32.1 Å². The third-order valence-corrected chi connectivity index (χ3v) is 11.7. The monoisotopic (exact) mass is 885 g/mol. The molecular weight excluding hydrogens is 823 g/mol. The summed E-state index contributed by atoms with van der Waals surface area (Å²) >= 11 is 0. The van der Waals surface area contributed by atoms with Gasteiger partial charge in [0.1, 0.15) is 17.7 Å². The largest absolute Gasteiger partial charge is 0.453 e. The SMILES string of the molecule is COC(=O)N[C@H]1CCCCCCOCc2[nH]c(nc2-c2ccc(-c3ccc(-c4cnc([C@@H]5CCCN5C(=O)[C@@H](C)C(C)C)[nH]4)cc3)cc2)[C@@H]2CCCN2C1=O.S.S.S.S. The van der Waals surface area contributed by atoms with Crippen LogP contribution in [0.25, 0.3) is 33.6 Å². The van der Waals surface area contributed by atoms with E-state index in [1.54, 1.807) is 0 Å². The van der Waals surface area contributed by atoms with Gasteiger partial charge < -0.3 is 34.6 Å². The highest BCUT2D eigenvalue weighted by Gasteiger charge is 2.37. The number of rotatable bonds is 7. The van der Waals surface area contributed by atoms with Gasteiger partial charge in [0.25, 0.3) is 0 Å². The number of imidazole rings is 2. The maximum atomic E-state index is 13.9. The van der Waals surface area contributed by atoms with Crippen LogP contribution in [0.15, 0.2) is 54.7 Å². The minimum absolute atomic E-state index is 0. The van der Waals surface area contributed by atoms with Gasteiger partial charge in [-0.1, -0.05) is 88.6 Å². The van der Waals surface area contributed by atoms with Crippen molar-refractivity contribution in [3.05, 3.63) is 72.1 Å². The highest BCUT2D eigenvalue weighted by molar-refractivity contribution is 7.59. The molecule has 4 atom stereocenters. The average Bonchev–Trinajstić information content (AvgIpc) is 4.04. The Morgan fingerprint density at radius 2 is 1.41 bits per heavy atom. The summed E-state index contributed by atoms with van der Waals surface area (Å²) in [6.45, 7) is 8.65. The molecule has 0 saturated carbocycles. The van der Waals surface area contributed by atoms with E-state index >= 15 is 0 Å². The molecule has 5 heterocycles. The molecule has 324 valence electrons. The summed E-state index contributed by atoms with van der Waals surface area (Å²) < 4.78 is 11.0. The normalized spacial score (nSPS) is 20.1. The quantitative estimate of drug-likeness (QED) is 0.169.